The summed E-state index contributed by atoms with van der Waals surface area (Å²) in [7, 11) is 0. The molecule has 29 heavy (non-hydrogen) atoms. The molecular weight excluding hydrogens is 384 g/mol. The lowest BCUT2D eigenvalue weighted by molar-refractivity contribution is 0.369. The molecule has 0 spiro atoms. The number of aryl methyl sites for hydroxylation is 2. The van der Waals surface area contributed by atoms with E-state index in [4.69, 9.17) is 8.94 Å². The Kier molecular flexibility index (Phi) is 4.97. The van der Waals surface area contributed by atoms with Gasteiger partial charge in [0.2, 0.25) is 0 Å². The molecule has 0 radical (unpaired) electrons. The van der Waals surface area contributed by atoms with Gasteiger partial charge in [-0.15, -0.1) is 10.2 Å². The van der Waals surface area contributed by atoms with Crippen molar-refractivity contribution in [1.29, 1.82) is 0 Å². The highest BCUT2D eigenvalue weighted by atomic mass is 32.2. The van der Waals surface area contributed by atoms with Crippen LogP contribution < -0.4 is 0 Å². The van der Waals surface area contributed by atoms with Gasteiger partial charge in [-0.25, -0.2) is 0 Å². The molecule has 6 nitrogen and oxygen atoms in total. The van der Waals surface area contributed by atoms with Crippen molar-refractivity contribution in [1.82, 2.24) is 19.9 Å². The van der Waals surface area contributed by atoms with Crippen molar-refractivity contribution in [3.05, 3.63) is 71.0 Å². The van der Waals surface area contributed by atoms with Gasteiger partial charge in [0.05, 0.1) is 18.5 Å². The molecule has 3 aromatic heterocycles. The quantitative estimate of drug-likeness (QED) is 0.417. The normalized spacial score (nSPS) is 13.6. The number of hydrogen-bond donors (Lipinski definition) is 0. The Hall–Kier alpha value is -2.80. The van der Waals surface area contributed by atoms with E-state index < -0.39 is 0 Å². The molecule has 148 valence electrons. The van der Waals surface area contributed by atoms with E-state index in [1.807, 2.05) is 18.2 Å². The zero-order valence-corrected chi connectivity index (χ0v) is 17.1. The van der Waals surface area contributed by atoms with E-state index in [-0.39, 0.29) is 0 Å². The summed E-state index contributed by atoms with van der Waals surface area (Å²) in [5.74, 6) is 3.50. The molecule has 0 fully saturated rings. The van der Waals surface area contributed by atoms with E-state index in [9.17, 15) is 0 Å². The van der Waals surface area contributed by atoms with Gasteiger partial charge in [-0.2, -0.15) is 0 Å². The molecule has 7 heteroatoms. The Balaban J connectivity index is 1.45. The Labute approximate surface area is 173 Å². The molecule has 3 heterocycles. The van der Waals surface area contributed by atoms with Crippen LogP contribution in [0.5, 0.6) is 0 Å². The highest BCUT2D eigenvalue weighted by Crippen LogP contribution is 2.31. The summed E-state index contributed by atoms with van der Waals surface area (Å²) in [6.07, 6.45) is 6.15. The number of nitrogens with zero attached hydrogens (tertiary/aromatic N) is 4. The predicted octanol–water partition coefficient (Wildman–Crippen LogP) is 5.05. The zero-order valence-electron chi connectivity index (χ0n) is 16.3. The van der Waals surface area contributed by atoms with E-state index in [1.54, 1.807) is 18.0 Å². The van der Waals surface area contributed by atoms with Crippen molar-refractivity contribution in [2.24, 2.45) is 0 Å². The molecule has 0 unspecified atom stereocenters. The van der Waals surface area contributed by atoms with Crippen molar-refractivity contribution in [2.75, 3.05) is 0 Å². The Morgan fingerprint density at radius 3 is 2.90 bits per heavy atom. The topological polar surface area (TPSA) is 69.9 Å². The van der Waals surface area contributed by atoms with Gasteiger partial charge in [0.1, 0.15) is 11.5 Å². The van der Waals surface area contributed by atoms with E-state index in [0.29, 0.717) is 6.54 Å². The van der Waals surface area contributed by atoms with Crippen LogP contribution >= 0.6 is 11.8 Å². The second kappa shape index (κ2) is 7.91. The van der Waals surface area contributed by atoms with Crippen LogP contribution in [-0.4, -0.2) is 19.9 Å². The molecule has 0 saturated heterocycles. The molecule has 0 aliphatic heterocycles. The molecule has 4 aromatic rings. The lowest BCUT2D eigenvalue weighted by Gasteiger charge is -2.10. The van der Waals surface area contributed by atoms with Crippen LogP contribution in [0.3, 0.4) is 0 Å². The van der Waals surface area contributed by atoms with Gasteiger partial charge >= 0.3 is 0 Å². The first-order valence-corrected chi connectivity index (χ1v) is 10.9. The van der Waals surface area contributed by atoms with Crippen molar-refractivity contribution in [3.8, 4) is 11.4 Å². The molecule has 1 aromatic carbocycles. The van der Waals surface area contributed by atoms with Gasteiger partial charge in [0, 0.05) is 23.3 Å². The van der Waals surface area contributed by atoms with Gasteiger partial charge in [0.25, 0.3) is 0 Å². The van der Waals surface area contributed by atoms with Crippen LogP contribution in [0, 0.1) is 6.92 Å². The Morgan fingerprint density at radius 1 is 1.10 bits per heavy atom. The maximum atomic E-state index is 5.59. The number of hydrogen-bond acceptors (Lipinski definition) is 6. The fourth-order valence-electron chi connectivity index (χ4n) is 3.79. The van der Waals surface area contributed by atoms with Crippen LogP contribution in [0.4, 0.5) is 0 Å². The van der Waals surface area contributed by atoms with Crippen LogP contribution in [0.15, 0.2) is 56.8 Å². The zero-order chi connectivity index (χ0) is 19.6. The van der Waals surface area contributed by atoms with E-state index in [0.717, 1.165) is 52.4 Å². The Morgan fingerprint density at radius 2 is 2.03 bits per heavy atom. The van der Waals surface area contributed by atoms with Crippen LogP contribution in [-0.2, 0) is 25.1 Å². The lowest BCUT2D eigenvalue weighted by Crippen LogP contribution is -2.04. The number of thioether (sulfide) groups is 1. The van der Waals surface area contributed by atoms with Gasteiger partial charge in [-0.05, 0) is 44.4 Å². The van der Waals surface area contributed by atoms with Crippen molar-refractivity contribution in [3.63, 3.8) is 0 Å². The van der Waals surface area contributed by atoms with Gasteiger partial charge in [-0.1, -0.05) is 40.7 Å². The first-order valence-electron chi connectivity index (χ1n) is 9.89. The minimum Gasteiger partial charge on any atom is -0.467 e. The summed E-state index contributed by atoms with van der Waals surface area (Å²) in [5.41, 5.74) is 4.57. The molecule has 1 aliphatic rings. The first kappa shape index (κ1) is 18.2. The van der Waals surface area contributed by atoms with Crippen LogP contribution in [0.25, 0.3) is 11.4 Å². The standard InChI is InChI=1S/C22H22N4O2S/c1-15-6-4-7-16(12-15)21-23-24-22(26(21)13-17-8-5-11-27-17)29-14-19-18-9-2-3-10-20(18)28-25-19/h4-8,11-12H,2-3,9-10,13-14H2,1H3. The minimum atomic E-state index is 0.586. The average molecular weight is 407 g/mol. The molecule has 5 rings (SSSR count). The van der Waals surface area contributed by atoms with E-state index >= 15 is 0 Å². The molecular formula is C22H22N4O2S. The fraction of sp³-hybridized carbons (Fsp3) is 0.318. The first-order chi connectivity index (χ1) is 14.3. The third-order valence-electron chi connectivity index (χ3n) is 5.26. The minimum absolute atomic E-state index is 0.586. The van der Waals surface area contributed by atoms with E-state index in [2.05, 4.69) is 45.0 Å². The van der Waals surface area contributed by atoms with Gasteiger partial charge in [-0.3, -0.25) is 4.57 Å². The number of aromatic nitrogens is 4. The maximum Gasteiger partial charge on any atom is 0.192 e. The van der Waals surface area contributed by atoms with Crippen LogP contribution in [0.1, 0.15) is 41.2 Å². The molecule has 1 aliphatic carbocycles. The summed E-state index contributed by atoms with van der Waals surface area (Å²) in [4.78, 5) is 0. The van der Waals surface area contributed by atoms with Crippen molar-refractivity contribution >= 4 is 11.8 Å². The van der Waals surface area contributed by atoms with Gasteiger partial charge in [0.15, 0.2) is 11.0 Å². The van der Waals surface area contributed by atoms with Gasteiger partial charge < -0.3 is 8.94 Å². The number of furan rings is 1. The summed E-state index contributed by atoms with van der Waals surface area (Å²) in [5, 5.41) is 14.2. The molecule has 0 amide bonds. The van der Waals surface area contributed by atoms with E-state index in [1.165, 1.54) is 24.0 Å². The van der Waals surface area contributed by atoms with Crippen molar-refractivity contribution < 1.29 is 8.94 Å². The summed E-state index contributed by atoms with van der Waals surface area (Å²) < 4.78 is 13.3. The summed E-state index contributed by atoms with van der Waals surface area (Å²) in [6.45, 7) is 2.67. The predicted molar refractivity (Wildman–Crippen MR) is 111 cm³/mol. The molecule has 0 saturated carbocycles. The number of rotatable bonds is 6. The second-order valence-electron chi connectivity index (χ2n) is 7.37. The summed E-state index contributed by atoms with van der Waals surface area (Å²) >= 11 is 1.64. The third kappa shape index (κ3) is 3.74. The average Bonchev–Trinajstić information content (AvgIpc) is 3.47. The molecule has 0 bridgehead atoms. The third-order valence-corrected chi connectivity index (χ3v) is 6.23. The lowest BCUT2D eigenvalue weighted by atomic mass is 9.97. The number of benzene rings is 1. The number of fused-ring (bicyclic) bond motifs is 1. The molecule has 0 N–H and O–H groups in total. The highest BCUT2D eigenvalue weighted by molar-refractivity contribution is 7.98. The Bertz CT molecular complexity index is 1110. The second-order valence-corrected chi connectivity index (χ2v) is 8.31. The fourth-order valence-corrected chi connectivity index (χ4v) is 4.69. The highest BCUT2D eigenvalue weighted by Gasteiger charge is 2.21. The SMILES string of the molecule is Cc1cccc(-c2nnc(SCc3noc4c3CCCC4)n2Cc2ccco2)c1. The monoisotopic (exact) mass is 406 g/mol. The molecule has 0 atom stereocenters. The summed E-state index contributed by atoms with van der Waals surface area (Å²) in [6, 6.07) is 12.2. The van der Waals surface area contributed by atoms with Crippen molar-refractivity contribution in [2.45, 2.75) is 50.1 Å². The van der Waals surface area contributed by atoms with Crippen LogP contribution in [0.2, 0.25) is 0 Å². The largest absolute Gasteiger partial charge is 0.467 e. The smallest absolute Gasteiger partial charge is 0.192 e. The maximum absolute atomic E-state index is 5.59.